The molecule has 0 aliphatic carbocycles. The molecule has 2 aromatic heterocycles. The number of nitrogens with one attached hydrogen (secondary N) is 1. The zero-order valence-electron chi connectivity index (χ0n) is 16.5. The van der Waals surface area contributed by atoms with Gasteiger partial charge in [-0.1, -0.05) is 6.07 Å². The number of carbonyl (C=O) groups is 1. The Bertz CT molecular complexity index is 1010. The van der Waals surface area contributed by atoms with E-state index in [2.05, 4.69) is 32.0 Å². The largest absolute Gasteiger partial charge is 0.505 e. The number of aromatic nitrogens is 3. The van der Waals surface area contributed by atoms with Gasteiger partial charge in [0.1, 0.15) is 11.8 Å². The van der Waals surface area contributed by atoms with E-state index in [0.29, 0.717) is 49.1 Å². The van der Waals surface area contributed by atoms with Crippen LogP contribution in [-0.4, -0.2) is 59.0 Å². The number of aliphatic hydroxyl groups excluding tert-OH is 1. The maximum atomic E-state index is 12.5. The molecule has 0 spiro atoms. The molecule has 1 fully saturated rings. The van der Waals surface area contributed by atoms with Crippen LogP contribution in [0.4, 0.5) is 5.95 Å². The predicted molar refractivity (Wildman–Crippen MR) is 110 cm³/mol. The van der Waals surface area contributed by atoms with Crippen LogP contribution in [0, 0.1) is 18.3 Å². The number of carbonyl (C=O) groups excluding carboxylic acids is 1. The lowest BCUT2D eigenvalue weighted by Crippen LogP contribution is -2.37. The molecule has 1 aliphatic heterocycles. The lowest BCUT2D eigenvalue weighted by atomic mass is 10.1. The zero-order chi connectivity index (χ0) is 21.5. The minimum Gasteiger partial charge on any atom is -0.505 e. The van der Waals surface area contributed by atoms with E-state index in [1.54, 1.807) is 19.1 Å². The standard InChI is InChI=1S/C20H21N7O3/c1-13-16(12-25-20(26-13)27-5-7-30-8-6-27)18(28)17(22-2)19(29)24-11-14-3-4-15(9-21)23-10-14/h3-4,10,12,28H,2,5-8,11H2,1H3,(H,24,29)/b18-17+. The van der Waals surface area contributed by atoms with Crippen molar-refractivity contribution in [3.63, 3.8) is 0 Å². The Morgan fingerprint density at radius 2 is 2.13 bits per heavy atom. The van der Waals surface area contributed by atoms with Gasteiger partial charge in [0.05, 0.1) is 24.5 Å². The molecular weight excluding hydrogens is 386 g/mol. The van der Waals surface area contributed by atoms with Crippen LogP contribution in [0.15, 0.2) is 35.2 Å². The molecule has 2 aromatic rings. The van der Waals surface area contributed by atoms with Gasteiger partial charge in [-0.25, -0.2) is 15.0 Å². The third kappa shape index (κ3) is 4.76. The van der Waals surface area contributed by atoms with Crippen LogP contribution in [-0.2, 0) is 16.1 Å². The Kier molecular flexibility index (Phi) is 6.67. The molecule has 0 aromatic carbocycles. The number of aliphatic imine (C=N–C) groups is 1. The minimum absolute atomic E-state index is 0.148. The monoisotopic (exact) mass is 407 g/mol. The number of aryl methyl sites for hydroxylation is 1. The summed E-state index contributed by atoms with van der Waals surface area (Å²) in [7, 11) is 0. The van der Waals surface area contributed by atoms with Crippen LogP contribution in [0.25, 0.3) is 5.76 Å². The number of nitriles is 1. The summed E-state index contributed by atoms with van der Waals surface area (Å²) in [6.45, 7) is 7.84. The van der Waals surface area contributed by atoms with Gasteiger partial charge in [0, 0.05) is 32.0 Å². The van der Waals surface area contributed by atoms with Crippen LogP contribution < -0.4 is 10.2 Å². The number of aliphatic hydroxyl groups is 1. The summed E-state index contributed by atoms with van der Waals surface area (Å²) in [4.78, 5) is 30.9. The van der Waals surface area contributed by atoms with Crippen LogP contribution in [0.2, 0.25) is 0 Å². The first-order valence-corrected chi connectivity index (χ1v) is 9.23. The second-order valence-corrected chi connectivity index (χ2v) is 6.47. The van der Waals surface area contributed by atoms with E-state index in [1.807, 2.05) is 11.0 Å². The Morgan fingerprint density at radius 1 is 1.37 bits per heavy atom. The number of amides is 1. The number of nitrogens with zero attached hydrogens (tertiary/aromatic N) is 6. The quantitative estimate of drug-likeness (QED) is 0.413. The molecule has 1 aliphatic rings. The first-order chi connectivity index (χ1) is 14.5. The number of ether oxygens (including phenoxy) is 1. The van der Waals surface area contributed by atoms with Gasteiger partial charge < -0.3 is 20.1 Å². The fourth-order valence-corrected chi connectivity index (χ4v) is 2.85. The Labute approximate surface area is 173 Å². The van der Waals surface area contributed by atoms with Crippen LogP contribution in [0.1, 0.15) is 22.5 Å². The number of morpholine rings is 1. The summed E-state index contributed by atoms with van der Waals surface area (Å²) in [5, 5.41) is 22.0. The van der Waals surface area contributed by atoms with Crippen molar-refractivity contribution in [2.24, 2.45) is 4.99 Å². The maximum absolute atomic E-state index is 12.5. The van der Waals surface area contributed by atoms with E-state index >= 15 is 0 Å². The number of anilines is 1. The van der Waals surface area contributed by atoms with Gasteiger partial charge in [-0.15, -0.1) is 0 Å². The highest BCUT2D eigenvalue weighted by Gasteiger charge is 2.20. The molecule has 2 N–H and O–H groups in total. The summed E-state index contributed by atoms with van der Waals surface area (Å²) in [5.41, 5.74) is 1.55. The Morgan fingerprint density at radius 3 is 2.73 bits per heavy atom. The van der Waals surface area contributed by atoms with E-state index in [9.17, 15) is 9.90 Å². The van der Waals surface area contributed by atoms with Crippen molar-refractivity contribution in [3.8, 4) is 6.07 Å². The van der Waals surface area contributed by atoms with Crippen molar-refractivity contribution in [1.82, 2.24) is 20.3 Å². The van der Waals surface area contributed by atoms with Gasteiger partial charge in [-0.2, -0.15) is 5.26 Å². The highest BCUT2D eigenvalue weighted by atomic mass is 16.5. The summed E-state index contributed by atoms with van der Waals surface area (Å²) >= 11 is 0. The third-order valence-corrected chi connectivity index (χ3v) is 4.51. The molecule has 0 atom stereocenters. The van der Waals surface area contributed by atoms with Crippen molar-refractivity contribution in [3.05, 3.63) is 52.7 Å². The maximum Gasteiger partial charge on any atom is 0.274 e. The molecule has 3 heterocycles. The topological polar surface area (TPSA) is 137 Å². The molecule has 10 heteroatoms. The van der Waals surface area contributed by atoms with Gasteiger partial charge in [-0.3, -0.25) is 9.79 Å². The summed E-state index contributed by atoms with van der Waals surface area (Å²) < 4.78 is 5.33. The van der Waals surface area contributed by atoms with E-state index in [0.717, 1.165) is 0 Å². The molecule has 30 heavy (non-hydrogen) atoms. The highest BCUT2D eigenvalue weighted by Crippen LogP contribution is 2.21. The lowest BCUT2D eigenvalue weighted by Gasteiger charge is -2.27. The Balaban J connectivity index is 1.75. The fourth-order valence-electron chi connectivity index (χ4n) is 2.85. The lowest BCUT2D eigenvalue weighted by molar-refractivity contribution is -0.117. The van der Waals surface area contributed by atoms with Crippen molar-refractivity contribution in [2.75, 3.05) is 31.2 Å². The number of rotatable bonds is 6. The second-order valence-electron chi connectivity index (χ2n) is 6.47. The zero-order valence-corrected chi connectivity index (χ0v) is 16.5. The third-order valence-electron chi connectivity index (χ3n) is 4.51. The van der Waals surface area contributed by atoms with Crippen molar-refractivity contribution in [1.29, 1.82) is 5.26 Å². The van der Waals surface area contributed by atoms with Gasteiger partial charge in [0.15, 0.2) is 11.5 Å². The van der Waals surface area contributed by atoms with Gasteiger partial charge in [-0.05, 0) is 25.3 Å². The van der Waals surface area contributed by atoms with Crippen molar-refractivity contribution in [2.45, 2.75) is 13.5 Å². The number of pyridine rings is 1. The number of hydrogen-bond acceptors (Lipinski definition) is 9. The van der Waals surface area contributed by atoms with Gasteiger partial charge >= 0.3 is 0 Å². The normalized spacial score (nSPS) is 14.5. The van der Waals surface area contributed by atoms with Gasteiger partial charge in [0.2, 0.25) is 5.95 Å². The average molecular weight is 407 g/mol. The first-order valence-electron chi connectivity index (χ1n) is 9.23. The van der Waals surface area contributed by atoms with Crippen LogP contribution in [0.3, 0.4) is 0 Å². The molecule has 0 unspecified atom stereocenters. The van der Waals surface area contributed by atoms with Crippen LogP contribution in [0.5, 0.6) is 0 Å². The highest BCUT2D eigenvalue weighted by molar-refractivity contribution is 6.00. The molecule has 0 radical (unpaired) electrons. The van der Waals surface area contributed by atoms with E-state index < -0.39 is 5.91 Å². The SMILES string of the molecule is C=N/C(C(=O)NCc1ccc(C#N)nc1)=C(/O)c1cnc(N2CCOCC2)nc1C. The molecular formula is C20H21N7O3. The minimum atomic E-state index is -0.608. The molecule has 1 amide bonds. The molecule has 0 bridgehead atoms. The average Bonchev–Trinajstić information content (AvgIpc) is 2.79. The molecule has 1 saturated heterocycles. The predicted octanol–water partition coefficient (Wildman–Crippen LogP) is 1.13. The van der Waals surface area contributed by atoms with E-state index in [4.69, 9.17) is 10.00 Å². The summed E-state index contributed by atoms with van der Waals surface area (Å²) in [6.07, 6.45) is 2.96. The molecule has 3 rings (SSSR count). The van der Waals surface area contributed by atoms with E-state index in [-0.39, 0.29) is 23.7 Å². The van der Waals surface area contributed by atoms with Crippen molar-refractivity contribution >= 4 is 24.3 Å². The fraction of sp³-hybridized carbons (Fsp3) is 0.300. The van der Waals surface area contributed by atoms with Crippen molar-refractivity contribution < 1.29 is 14.6 Å². The number of hydrogen-bond donors (Lipinski definition) is 2. The molecule has 154 valence electrons. The Hall–Kier alpha value is -3.84. The molecule has 10 nitrogen and oxygen atoms in total. The van der Waals surface area contributed by atoms with Gasteiger partial charge in [0.25, 0.3) is 5.91 Å². The summed E-state index contributed by atoms with van der Waals surface area (Å²) in [6, 6.07) is 5.16. The smallest absolute Gasteiger partial charge is 0.274 e. The molecule has 0 saturated carbocycles. The first kappa shape index (κ1) is 20.9. The van der Waals surface area contributed by atoms with E-state index in [1.165, 1.54) is 12.4 Å². The second kappa shape index (κ2) is 9.58. The summed E-state index contributed by atoms with van der Waals surface area (Å²) in [5.74, 6) is -0.423. The van der Waals surface area contributed by atoms with Crippen LogP contribution >= 0.6 is 0 Å².